The van der Waals surface area contributed by atoms with Crippen molar-refractivity contribution in [1.29, 1.82) is 0 Å². The van der Waals surface area contributed by atoms with E-state index < -0.39 is 36.1 Å². The molecular weight excluding hydrogens is 516 g/mol. The molecule has 4 atom stereocenters. The molecular formula is C27H33ClN2O8. The third kappa shape index (κ3) is 7.82. The van der Waals surface area contributed by atoms with Gasteiger partial charge in [-0.25, -0.2) is 9.78 Å². The number of amides is 1. The van der Waals surface area contributed by atoms with Crippen molar-refractivity contribution in [3.8, 4) is 17.2 Å². The number of cyclic esters (lactones) is 1. The fourth-order valence-electron chi connectivity index (χ4n) is 4.11. The van der Waals surface area contributed by atoms with Gasteiger partial charge in [0.05, 0.1) is 13.2 Å². The van der Waals surface area contributed by atoms with Crippen LogP contribution in [0, 0.1) is 0 Å². The Morgan fingerprint density at radius 1 is 1.24 bits per heavy atom. The van der Waals surface area contributed by atoms with E-state index in [0.717, 1.165) is 6.42 Å². The Hall–Kier alpha value is -3.37. The van der Waals surface area contributed by atoms with Crippen LogP contribution in [0.5, 0.6) is 17.2 Å². The van der Waals surface area contributed by atoms with Crippen molar-refractivity contribution >= 4 is 29.4 Å². The van der Waals surface area contributed by atoms with E-state index in [1.54, 1.807) is 31.2 Å². The van der Waals surface area contributed by atoms with Gasteiger partial charge in [0.15, 0.2) is 17.5 Å². The minimum absolute atomic E-state index is 0.132. The maximum atomic E-state index is 13.2. The maximum Gasteiger partial charge on any atom is 0.329 e. The van der Waals surface area contributed by atoms with E-state index in [2.05, 4.69) is 10.3 Å². The van der Waals surface area contributed by atoms with Crippen LogP contribution in [0.15, 0.2) is 36.5 Å². The smallest absolute Gasteiger partial charge is 0.329 e. The standard InChI is InChI=1S/C27H33ClN2O8/c1-5-14-35-22-11-7-10-20(27(33)36-16(2)24(22)38-19-9-6-8-18(28)15-19)30-26(32)23-25(37-17(3)31)21(34-4)12-13-29-23/h6,8-9,12-13,15-16,20,22,24H,5,7,10-11,14H2,1-4H3,(H,30,32)/t16-,20-,22-,24-/m0/s1. The molecule has 0 saturated carbocycles. The first-order chi connectivity index (χ1) is 18.2. The number of carbonyl (C=O) groups excluding carboxylic acids is 3. The van der Waals surface area contributed by atoms with E-state index in [1.165, 1.54) is 26.3 Å². The summed E-state index contributed by atoms with van der Waals surface area (Å²) >= 11 is 6.13. The zero-order valence-electron chi connectivity index (χ0n) is 21.9. The second-order valence-corrected chi connectivity index (χ2v) is 9.27. The van der Waals surface area contributed by atoms with Crippen molar-refractivity contribution in [3.63, 3.8) is 0 Å². The third-order valence-electron chi connectivity index (χ3n) is 5.86. The van der Waals surface area contributed by atoms with Crippen LogP contribution in [0.1, 0.15) is 56.9 Å². The molecule has 1 aliphatic rings. The molecule has 0 bridgehead atoms. The van der Waals surface area contributed by atoms with Crippen LogP contribution in [-0.4, -0.2) is 60.9 Å². The molecule has 0 radical (unpaired) electrons. The van der Waals surface area contributed by atoms with E-state index in [-0.39, 0.29) is 23.3 Å². The first-order valence-corrected chi connectivity index (χ1v) is 12.9. The Kier molecular flexibility index (Phi) is 10.7. The maximum absolute atomic E-state index is 13.2. The Balaban J connectivity index is 1.81. The molecule has 1 N–H and O–H groups in total. The van der Waals surface area contributed by atoms with Gasteiger partial charge in [0.1, 0.15) is 17.9 Å². The number of rotatable bonds is 9. The first-order valence-electron chi connectivity index (χ1n) is 12.5. The second-order valence-electron chi connectivity index (χ2n) is 8.83. The lowest BCUT2D eigenvalue weighted by molar-refractivity contribution is -0.159. The Labute approximate surface area is 226 Å². The number of pyridine rings is 1. The first kappa shape index (κ1) is 29.2. The largest absolute Gasteiger partial charge is 0.493 e. The molecule has 1 aromatic heterocycles. The SMILES string of the molecule is CCCO[C@H]1CCC[C@H](NC(=O)c2nccc(OC)c2OC(C)=O)C(=O)O[C@@H](C)[C@@H]1Oc1cccc(Cl)c1. The lowest BCUT2D eigenvalue weighted by Crippen LogP contribution is -2.46. The third-order valence-corrected chi connectivity index (χ3v) is 6.09. The number of esters is 2. The predicted octanol–water partition coefficient (Wildman–Crippen LogP) is 4.13. The van der Waals surface area contributed by atoms with Gasteiger partial charge < -0.3 is 29.0 Å². The fraction of sp³-hybridized carbons (Fsp3) is 0.481. The van der Waals surface area contributed by atoms with Crippen molar-refractivity contribution in [3.05, 3.63) is 47.2 Å². The van der Waals surface area contributed by atoms with Crippen molar-refractivity contribution in [1.82, 2.24) is 10.3 Å². The highest BCUT2D eigenvalue weighted by atomic mass is 35.5. The Bertz CT molecular complexity index is 1130. The van der Waals surface area contributed by atoms with Gasteiger partial charge in [-0.15, -0.1) is 0 Å². The number of methoxy groups -OCH3 is 1. The van der Waals surface area contributed by atoms with Gasteiger partial charge >= 0.3 is 11.9 Å². The van der Waals surface area contributed by atoms with Crippen LogP contribution in [-0.2, 0) is 19.1 Å². The monoisotopic (exact) mass is 548 g/mol. The quantitative estimate of drug-likeness (QED) is 0.461. The van der Waals surface area contributed by atoms with Gasteiger partial charge in [-0.05, 0) is 50.8 Å². The van der Waals surface area contributed by atoms with Crippen molar-refractivity contribution in [2.45, 2.75) is 70.8 Å². The van der Waals surface area contributed by atoms with Crippen molar-refractivity contribution < 1.29 is 38.1 Å². The van der Waals surface area contributed by atoms with Gasteiger partial charge in [0, 0.05) is 30.8 Å². The lowest BCUT2D eigenvalue weighted by Gasteiger charge is -2.31. The molecule has 11 heteroatoms. The van der Waals surface area contributed by atoms with E-state index in [1.807, 2.05) is 6.92 Å². The Morgan fingerprint density at radius 2 is 2.03 bits per heavy atom. The van der Waals surface area contributed by atoms with Crippen molar-refractivity contribution in [2.24, 2.45) is 0 Å². The topological polar surface area (TPSA) is 122 Å². The molecule has 1 amide bonds. The summed E-state index contributed by atoms with van der Waals surface area (Å²) in [6.45, 7) is 5.45. The second kappa shape index (κ2) is 14.0. The molecule has 1 aliphatic heterocycles. The number of hydrogen-bond acceptors (Lipinski definition) is 9. The molecule has 3 rings (SSSR count). The summed E-state index contributed by atoms with van der Waals surface area (Å²) in [4.78, 5) is 42.0. The van der Waals surface area contributed by atoms with Crippen LogP contribution < -0.4 is 19.5 Å². The molecule has 206 valence electrons. The summed E-state index contributed by atoms with van der Waals surface area (Å²) in [6.07, 6.45) is 1.89. The number of hydrogen-bond donors (Lipinski definition) is 1. The highest BCUT2D eigenvalue weighted by molar-refractivity contribution is 6.30. The van der Waals surface area contributed by atoms with Gasteiger partial charge in [-0.1, -0.05) is 24.6 Å². The summed E-state index contributed by atoms with van der Waals surface area (Å²) < 4.78 is 28.5. The van der Waals surface area contributed by atoms with Crippen LogP contribution >= 0.6 is 11.6 Å². The summed E-state index contributed by atoms with van der Waals surface area (Å²) in [7, 11) is 1.37. The number of nitrogens with one attached hydrogen (secondary N) is 1. The lowest BCUT2D eigenvalue weighted by atomic mass is 10.0. The molecule has 38 heavy (non-hydrogen) atoms. The molecule has 2 heterocycles. The normalized spacial score (nSPS) is 21.8. The van der Waals surface area contributed by atoms with Gasteiger partial charge in [-0.3, -0.25) is 9.59 Å². The summed E-state index contributed by atoms with van der Waals surface area (Å²) in [5.41, 5.74) is -0.188. The number of benzene rings is 1. The average Bonchev–Trinajstić information content (AvgIpc) is 2.92. The summed E-state index contributed by atoms with van der Waals surface area (Å²) in [5.74, 6) is -1.43. The molecule has 2 aromatic rings. The minimum atomic E-state index is -0.972. The molecule has 1 saturated heterocycles. The zero-order valence-corrected chi connectivity index (χ0v) is 22.7. The van der Waals surface area contributed by atoms with E-state index in [9.17, 15) is 14.4 Å². The molecule has 10 nitrogen and oxygen atoms in total. The molecule has 0 aliphatic carbocycles. The van der Waals surface area contributed by atoms with E-state index in [4.69, 9.17) is 35.3 Å². The molecule has 1 aromatic carbocycles. The number of halogens is 1. The average molecular weight is 549 g/mol. The number of ether oxygens (including phenoxy) is 5. The van der Waals surface area contributed by atoms with Crippen molar-refractivity contribution in [2.75, 3.05) is 13.7 Å². The summed E-state index contributed by atoms with van der Waals surface area (Å²) in [6, 6.07) is 7.46. The number of aromatic nitrogens is 1. The van der Waals surface area contributed by atoms with Crippen LogP contribution in [0.25, 0.3) is 0 Å². The van der Waals surface area contributed by atoms with Crippen LogP contribution in [0.2, 0.25) is 5.02 Å². The highest BCUT2D eigenvalue weighted by Gasteiger charge is 2.37. The van der Waals surface area contributed by atoms with Crippen LogP contribution in [0.4, 0.5) is 0 Å². The molecule has 0 unspecified atom stereocenters. The number of carbonyl (C=O) groups is 3. The molecule has 1 fully saturated rings. The molecule has 0 spiro atoms. The summed E-state index contributed by atoms with van der Waals surface area (Å²) in [5, 5.41) is 3.19. The minimum Gasteiger partial charge on any atom is -0.493 e. The van der Waals surface area contributed by atoms with Gasteiger partial charge in [0.2, 0.25) is 5.75 Å². The fourth-order valence-corrected chi connectivity index (χ4v) is 4.29. The number of nitrogens with zero attached hydrogens (tertiary/aromatic N) is 1. The van der Waals surface area contributed by atoms with E-state index >= 15 is 0 Å². The van der Waals surface area contributed by atoms with Gasteiger partial charge in [0.25, 0.3) is 5.91 Å². The predicted molar refractivity (Wildman–Crippen MR) is 139 cm³/mol. The Morgan fingerprint density at radius 3 is 2.71 bits per heavy atom. The van der Waals surface area contributed by atoms with E-state index in [0.29, 0.717) is 36.6 Å². The van der Waals surface area contributed by atoms with Crippen LogP contribution in [0.3, 0.4) is 0 Å². The zero-order chi connectivity index (χ0) is 27.7. The van der Waals surface area contributed by atoms with Gasteiger partial charge in [-0.2, -0.15) is 0 Å². The highest BCUT2D eigenvalue weighted by Crippen LogP contribution is 2.30.